The van der Waals surface area contributed by atoms with Crippen LogP contribution in [0.5, 0.6) is 0 Å². The summed E-state index contributed by atoms with van der Waals surface area (Å²) in [4.78, 5) is 2.95. The molecule has 1 aliphatic carbocycles. The highest BCUT2D eigenvalue weighted by atomic mass is 32.2. The van der Waals surface area contributed by atoms with Gasteiger partial charge >= 0.3 is 0 Å². The summed E-state index contributed by atoms with van der Waals surface area (Å²) in [5.41, 5.74) is 1.54. The summed E-state index contributed by atoms with van der Waals surface area (Å²) in [6.07, 6.45) is 8.04. The van der Waals surface area contributed by atoms with Gasteiger partial charge in [0.15, 0.2) is 0 Å². The number of hydrogen-bond donors (Lipinski definition) is 1. The van der Waals surface area contributed by atoms with Crippen molar-refractivity contribution in [3.8, 4) is 0 Å². The van der Waals surface area contributed by atoms with Gasteiger partial charge in [-0.05, 0) is 57.2 Å². The lowest BCUT2D eigenvalue weighted by atomic mass is 10.1. The number of aryl methyl sites for hydroxylation is 2. The quantitative estimate of drug-likeness (QED) is 0.779. The number of thiophene rings is 1. The van der Waals surface area contributed by atoms with Crippen LogP contribution in [0, 0.1) is 0 Å². The standard InChI is InChI=1S/C16H27NO2S2/c1-3-21(18,19)11-7-9-14(17-2)16-12-13-8-5-4-6-10-15(13)20-16/h12,14,17H,3-11H2,1-2H3. The molecule has 1 aromatic rings. The van der Waals surface area contributed by atoms with Crippen LogP contribution in [-0.2, 0) is 22.7 Å². The first-order chi connectivity index (χ1) is 10.1. The van der Waals surface area contributed by atoms with E-state index < -0.39 is 9.84 Å². The fraction of sp³-hybridized carbons (Fsp3) is 0.750. The third-order valence-corrected chi connectivity index (χ3v) is 7.49. The Balaban J connectivity index is 1.98. The predicted octanol–water partition coefficient (Wildman–Crippen LogP) is 3.49. The van der Waals surface area contributed by atoms with Crippen LogP contribution in [-0.4, -0.2) is 27.0 Å². The molecule has 1 atom stereocenters. The molecule has 120 valence electrons. The van der Waals surface area contributed by atoms with Gasteiger partial charge in [-0.15, -0.1) is 11.3 Å². The van der Waals surface area contributed by atoms with E-state index in [9.17, 15) is 8.42 Å². The lowest BCUT2D eigenvalue weighted by Gasteiger charge is -2.14. The van der Waals surface area contributed by atoms with Crippen molar-refractivity contribution in [2.75, 3.05) is 18.6 Å². The summed E-state index contributed by atoms with van der Waals surface area (Å²) in [5.74, 6) is 0.567. The van der Waals surface area contributed by atoms with E-state index >= 15 is 0 Å². The number of fused-ring (bicyclic) bond motifs is 1. The van der Waals surface area contributed by atoms with Crippen molar-refractivity contribution in [2.45, 2.75) is 57.9 Å². The Labute approximate surface area is 133 Å². The van der Waals surface area contributed by atoms with Crippen LogP contribution >= 0.6 is 11.3 Å². The topological polar surface area (TPSA) is 46.2 Å². The molecule has 1 aromatic heterocycles. The molecule has 1 N–H and O–H groups in total. The van der Waals surface area contributed by atoms with Gasteiger partial charge in [-0.25, -0.2) is 8.42 Å². The molecule has 1 aliphatic rings. The van der Waals surface area contributed by atoms with E-state index in [-0.39, 0.29) is 5.75 Å². The minimum Gasteiger partial charge on any atom is -0.312 e. The molecular weight excluding hydrogens is 302 g/mol. The first kappa shape index (κ1) is 17.0. The normalized spacial score (nSPS) is 17.2. The maximum atomic E-state index is 11.6. The van der Waals surface area contributed by atoms with Crippen molar-refractivity contribution in [1.29, 1.82) is 0 Å². The van der Waals surface area contributed by atoms with E-state index in [0.717, 1.165) is 12.8 Å². The van der Waals surface area contributed by atoms with E-state index in [0.29, 0.717) is 11.8 Å². The molecule has 0 radical (unpaired) electrons. The highest BCUT2D eigenvalue weighted by Crippen LogP contribution is 2.33. The number of nitrogens with one attached hydrogen (secondary N) is 1. The molecule has 1 unspecified atom stereocenters. The van der Waals surface area contributed by atoms with Crippen LogP contribution in [0.25, 0.3) is 0 Å². The zero-order valence-corrected chi connectivity index (χ0v) is 14.8. The van der Waals surface area contributed by atoms with Crippen molar-refractivity contribution in [2.24, 2.45) is 0 Å². The summed E-state index contributed by atoms with van der Waals surface area (Å²) in [6, 6.07) is 2.66. The molecule has 0 aliphatic heterocycles. The average molecular weight is 330 g/mol. The Morgan fingerprint density at radius 1 is 1.29 bits per heavy atom. The number of rotatable bonds is 7. The third kappa shape index (κ3) is 4.80. The first-order valence-corrected chi connectivity index (χ1v) is 10.7. The average Bonchev–Trinajstić information content (AvgIpc) is 2.74. The van der Waals surface area contributed by atoms with Crippen molar-refractivity contribution in [3.05, 3.63) is 21.4 Å². The molecule has 21 heavy (non-hydrogen) atoms. The van der Waals surface area contributed by atoms with E-state index in [1.165, 1.54) is 42.5 Å². The molecule has 1 heterocycles. The molecule has 0 amide bonds. The molecule has 0 spiro atoms. The summed E-state index contributed by atoms with van der Waals surface area (Å²) in [5, 5.41) is 3.36. The Kier molecular flexibility index (Phi) is 6.26. The minimum atomic E-state index is -2.84. The van der Waals surface area contributed by atoms with Gasteiger partial charge in [-0.2, -0.15) is 0 Å². The van der Waals surface area contributed by atoms with Gasteiger partial charge in [-0.1, -0.05) is 13.3 Å². The summed E-state index contributed by atoms with van der Waals surface area (Å²) in [6.45, 7) is 1.72. The number of hydrogen-bond acceptors (Lipinski definition) is 4. The van der Waals surface area contributed by atoms with Gasteiger partial charge in [0.2, 0.25) is 0 Å². The maximum absolute atomic E-state index is 11.6. The Hall–Kier alpha value is -0.390. The zero-order chi connectivity index (χ0) is 15.3. The highest BCUT2D eigenvalue weighted by molar-refractivity contribution is 7.91. The van der Waals surface area contributed by atoms with Crippen LogP contribution < -0.4 is 5.32 Å². The Bertz CT molecular complexity index is 525. The third-order valence-electron chi connectivity index (χ3n) is 4.35. The molecule has 0 aromatic carbocycles. The summed E-state index contributed by atoms with van der Waals surface area (Å²) >= 11 is 1.93. The Morgan fingerprint density at radius 2 is 2.05 bits per heavy atom. The SMILES string of the molecule is CCS(=O)(=O)CCCC(NC)c1cc2c(s1)CCCCC2. The van der Waals surface area contributed by atoms with E-state index in [1.807, 2.05) is 18.4 Å². The second kappa shape index (κ2) is 7.75. The van der Waals surface area contributed by atoms with Crippen LogP contribution in [0.1, 0.15) is 60.4 Å². The van der Waals surface area contributed by atoms with Crippen LogP contribution in [0.15, 0.2) is 6.07 Å². The van der Waals surface area contributed by atoms with Gasteiger partial charge in [-0.3, -0.25) is 0 Å². The lowest BCUT2D eigenvalue weighted by molar-refractivity contribution is 0.542. The van der Waals surface area contributed by atoms with Crippen molar-refractivity contribution < 1.29 is 8.42 Å². The van der Waals surface area contributed by atoms with Gasteiger partial charge in [0.05, 0.1) is 5.75 Å². The second-order valence-corrected chi connectivity index (χ2v) is 9.52. The smallest absolute Gasteiger partial charge is 0.150 e. The molecule has 2 rings (SSSR count). The van der Waals surface area contributed by atoms with E-state index in [4.69, 9.17) is 0 Å². The first-order valence-electron chi connectivity index (χ1n) is 8.05. The van der Waals surface area contributed by atoms with Crippen LogP contribution in [0.2, 0.25) is 0 Å². The minimum absolute atomic E-state index is 0.254. The van der Waals surface area contributed by atoms with E-state index in [2.05, 4.69) is 11.4 Å². The fourth-order valence-electron chi connectivity index (χ4n) is 2.94. The molecule has 0 saturated heterocycles. The van der Waals surface area contributed by atoms with Gasteiger partial charge < -0.3 is 5.32 Å². The van der Waals surface area contributed by atoms with Gasteiger partial charge in [0.25, 0.3) is 0 Å². The molecule has 0 fully saturated rings. The second-order valence-electron chi connectivity index (χ2n) is 5.88. The zero-order valence-electron chi connectivity index (χ0n) is 13.2. The molecule has 5 heteroatoms. The molecular formula is C16H27NO2S2. The monoisotopic (exact) mass is 329 g/mol. The Morgan fingerprint density at radius 3 is 2.76 bits per heavy atom. The van der Waals surface area contributed by atoms with Gasteiger partial charge in [0.1, 0.15) is 9.84 Å². The van der Waals surface area contributed by atoms with Crippen molar-refractivity contribution in [3.63, 3.8) is 0 Å². The van der Waals surface area contributed by atoms with Gasteiger partial charge in [0, 0.05) is 21.5 Å². The maximum Gasteiger partial charge on any atom is 0.150 e. The summed E-state index contributed by atoms with van der Waals surface area (Å²) < 4.78 is 23.2. The van der Waals surface area contributed by atoms with Crippen LogP contribution in [0.3, 0.4) is 0 Å². The highest BCUT2D eigenvalue weighted by Gasteiger charge is 2.18. The number of sulfone groups is 1. The van der Waals surface area contributed by atoms with Crippen molar-refractivity contribution in [1.82, 2.24) is 5.32 Å². The van der Waals surface area contributed by atoms with Crippen molar-refractivity contribution >= 4 is 21.2 Å². The summed E-state index contributed by atoms with van der Waals surface area (Å²) in [7, 11) is -0.861. The lowest BCUT2D eigenvalue weighted by Crippen LogP contribution is -2.17. The van der Waals surface area contributed by atoms with E-state index in [1.54, 1.807) is 11.8 Å². The molecule has 0 saturated carbocycles. The van der Waals surface area contributed by atoms with Crippen LogP contribution in [0.4, 0.5) is 0 Å². The predicted molar refractivity (Wildman–Crippen MR) is 90.9 cm³/mol. The molecule has 3 nitrogen and oxygen atoms in total. The molecule has 0 bridgehead atoms. The largest absolute Gasteiger partial charge is 0.312 e. The fourth-order valence-corrected chi connectivity index (χ4v) is 5.24.